The highest BCUT2D eigenvalue weighted by Crippen LogP contribution is 2.33. The Morgan fingerprint density at radius 3 is 2.71 bits per heavy atom. The first-order valence-corrected chi connectivity index (χ1v) is 8.98. The summed E-state index contributed by atoms with van der Waals surface area (Å²) >= 11 is 8.61. The van der Waals surface area contributed by atoms with Crippen molar-refractivity contribution in [3.8, 4) is 5.75 Å². The molecular formula is C14H17Br2N3OS. The minimum Gasteiger partial charge on any atom is -0.495 e. The van der Waals surface area contributed by atoms with E-state index in [9.17, 15) is 0 Å². The predicted molar refractivity (Wildman–Crippen MR) is 94.2 cm³/mol. The topological polar surface area (TPSA) is 47.0 Å². The summed E-state index contributed by atoms with van der Waals surface area (Å²) in [5.41, 5.74) is 1.05. The van der Waals surface area contributed by atoms with Crippen LogP contribution in [0, 0.1) is 5.92 Å². The number of ether oxygens (including phenoxy) is 1. The van der Waals surface area contributed by atoms with Gasteiger partial charge in [-0.15, -0.1) is 10.2 Å². The van der Waals surface area contributed by atoms with Gasteiger partial charge in [-0.1, -0.05) is 41.1 Å². The van der Waals surface area contributed by atoms with Crippen molar-refractivity contribution in [2.24, 2.45) is 5.92 Å². The normalized spacial score (nSPS) is 11.0. The lowest BCUT2D eigenvalue weighted by atomic mass is 10.1. The fourth-order valence-corrected chi connectivity index (χ4v) is 4.32. The Balaban J connectivity index is 2.07. The number of benzene rings is 1. The van der Waals surface area contributed by atoms with E-state index in [-0.39, 0.29) is 0 Å². The monoisotopic (exact) mass is 433 g/mol. The number of halogens is 2. The maximum atomic E-state index is 5.44. The van der Waals surface area contributed by atoms with Crippen molar-refractivity contribution >= 4 is 48.3 Å². The molecule has 21 heavy (non-hydrogen) atoms. The first kappa shape index (κ1) is 16.7. The predicted octanol–water partition coefficient (Wildman–Crippen LogP) is 4.88. The molecule has 1 heterocycles. The maximum Gasteiger partial charge on any atom is 0.205 e. The first-order valence-electron chi connectivity index (χ1n) is 6.57. The van der Waals surface area contributed by atoms with Crippen LogP contribution in [0.2, 0.25) is 0 Å². The van der Waals surface area contributed by atoms with Gasteiger partial charge in [0, 0.05) is 23.0 Å². The van der Waals surface area contributed by atoms with E-state index in [0.29, 0.717) is 12.5 Å². The molecule has 0 fully saturated rings. The highest BCUT2D eigenvalue weighted by molar-refractivity contribution is 9.11. The molecule has 0 aliphatic carbocycles. The van der Waals surface area contributed by atoms with Gasteiger partial charge in [0.15, 0.2) is 0 Å². The van der Waals surface area contributed by atoms with Crippen LogP contribution >= 0.6 is 43.2 Å². The zero-order valence-corrected chi connectivity index (χ0v) is 16.1. The van der Waals surface area contributed by atoms with Crippen molar-refractivity contribution in [2.45, 2.75) is 26.8 Å². The molecule has 0 aliphatic rings. The third-order valence-electron chi connectivity index (χ3n) is 2.77. The van der Waals surface area contributed by atoms with Crippen LogP contribution in [0.5, 0.6) is 5.75 Å². The molecule has 1 aromatic carbocycles. The molecule has 1 N–H and O–H groups in total. The molecule has 0 spiro atoms. The molecule has 1 aromatic heterocycles. The van der Waals surface area contributed by atoms with Gasteiger partial charge in [-0.25, -0.2) is 0 Å². The zero-order valence-electron chi connectivity index (χ0n) is 12.1. The summed E-state index contributed by atoms with van der Waals surface area (Å²) in [5.74, 6) is 1.42. The highest BCUT2D eigenvalue weighted by atomic mass is 79.9. The molecule has 4 nitrogen and oxygen atoms in total. The van der Waals surface area contributed by atoms with E-state index in [4.69, 9.17) is 4.74 Å². The molecule has 114 valence electrons. The third kappa shape index (κ3) is 4.66. The number of hydrogen-bond acceptors (Lipinski definition) is 5. The van der Waals surface area contributed by atoms with Gasteiger partial charge in [0.25, 0.3) is 0 Å². The minimum absolute atomic E-state index is 0.590. The number of hydrogen-bond donors (Lipinski definition) is 1. The average molecular weight is 435 g/mol. The summed E-state index contributed by atoms with van der Waals surface area (Å²) in [6, 6.07) is 4.00. The molecular weight excluding hydrogens is 418 g/mol. The highest BCUT2D eigenvalue weighted by Gasteiger charge is 2.11. The number of methoxy groups -OCH3 is 1. The van der Waals surface area contributed by atoms with Gasteiger partial charge in [-0.3, -0.25) is 0 Å². The Hall–Kier alpha value is -0.660. The molecule has 0 radical (unpaired) electrons. The summed E-state index contributed by atoms with van der Waals surface area (Å²) < 4.78 is 7.37. The van der Waals surface area contributed by atoms with Crippen LogP contribution in [0.1, 0.15) is 24.4 Å². The summed E-state index contributed by atoms with van der Waals surface area (Å²) in [5, 5.41) is 13.6. The fourth-order valence-electron chi connectivity index (χ4n) is 1.90. The average Bonchev–Trinajstić information content (AvgIpc) is 2.82. The third-order valence-corrected chi connectivity index (χ3v) is 4.72. The largest absolute Gasteiger partial charge is 0.495 e. The van der Waals surface area contributed by atoms with Crippen LogP contribution < -0.4 is 10.1 Å². The Kier molecular flexibility index (Phi) is 6.01. The van der Waals surface area contributed by atoms with Gasteiger partial charge < -0.3 is 10.1 Å². The number of anilines is 1. The number of nitrogens with one attached hydrogen (secondary N) is 1. The zero-order chi connectivity index (χ0) is 15.4. The summed E-state index contributed by atoms with van der Waals surface area (Å²) in [6.45, 7) is 4.99. The lowest BCUT2D eigenvalue weighted by molar-refractivity contribution is 0.407. The lowest BCUT2D eigenvalue weighted by Gasteiger charge is -2.11. The Labute approximate surface area is 145 Å². The quantitative estimate of drug-likeness (QED) is 0.703. The van der Waals surface area contributed by atoms with Gasteiger partial charge in [0.1, 0.15) is 10.8 Å². The second kappa shape index (κ2) is 7.56. The van der Waals surface area contributed by atoms with Gasteiger partial charge in [-0.2, -0.15) is 0 Å². The van der Waals surface area contributed by atoms with Crippen LogP contribution in [0.4, 0.5) is 5.13 Å². The molecule has 0 unspecified atom stereocenters. The van der Waals surface area contributed by atoms with Crippen LogP contribution in [0.25, 0.3) is 0 Å². The van der Waals surface area contributed by atoms with Gasteiger partial charge in [0.05, 0.1) is 11.6 Å². The van der Waals surface area contributed by atoms with Gasteiger partial charge in [-0.05, 0) is 34.0 Å². The van der Waals surface area contributed by atoms with E-state index in [0.717, 1.165) is 36.8 Å². The van der Waals surface area contributed by atoms with Gasteiger partial charge >= 0.3 is 0 Å². The summed E-state index contributed by atoms with van der Waals surface area (Å²) in [4.78, 5) is 0. The van der Waals surface area contributed by atoms with Crippen LogP contribution in [-0.4, -0.2) is 17.3 Å². The van der Waals surface area contributed by atoms with Crippen molar-refractivity contribution in [3.05, 3.63) is 31.6 Å². The van der Waals surface area contributed by atoms with Crippen LogP contribution in [0.3, 0.4) is 0 Å². The molecule has 0 saturated heterocycles. The standard InChI is InChI=1S/C14H17Br2N3OS/c1-8(2)4-12-18-19-14(21-12)17-7-9-5-10(15)6-11(16)13(9)20-3/h5-6,8H,4,7H2,1-3H3,(H,17,19). The van der Waals surface area contributed by atoms with Crippen molar-refractivity contribution in [2.75, 3.05) is 12.4 Å². The van der Waals surface area contributed by atoms with Gasteiger partial charge in [0.2, 0.25) is 5.13 Å². The fraction of sp³-hybridized carbons (Fsp3) is 0.429. The smallest absolute Gasteiger partial charge is 0.205 e. The Bertz CT molecular complexity index is 616. The Morgan fingerprint density at radius 1 is 1.29 bits per heavy atom. The Morgan fingerprint density at radius 2 is 2.05 bits per heavy atom. The molecule has 0 amide bonds. The van der Waals surface area contributed by atoms with E-state index < -0.39 is 0 Å². The SMILES string of the molecule is COc1c(Br)cc(Br)cc1CNc1nnc(CC(C)C)s1. The molecule has 0 bridgehead atoms. The van der Waals surface area contributed by atoms with Crippen molar-refractivity contribution < 1.29 is 4.74 Å². The second-order valence-electron chi connectivity index (χ2n) is 5.03. The molecule has 2 rings (SSSR count). The summed E-state index contributed by atoms with van der Waals surface area (Å²) in [6.07, 6.45) is 0.963. The van der Waals surface area contributed by atoms with Crippen molar-refractivity contribution in [1.29, 1.82) is 0 Å². The second-order valence-corrected chi connectivity index (χ2v) is 7.86. The van der Waals surface area contributed by atoms with E-state index in [1.165, 1.54) is 0 Å². The molecule has 7 heteroatoms. The van der Waals surface area contributed by atoms with E-state index >= 15 is 0 Å². The molecule has 2 aromatic rings. The summed E-state index contributed by atoms with van der Waals surface area (Å²) in [7, 11) is 1.67. The van der Waals surface area contributed by atoms with Crippen molar-refractivity contribution in [1.82, 2.24) is 10.2 Å². The first-order chi connectivity index (χ1) is 9.99. The van der Waals surface area contributed by atoms with Crippen LogP contribution in [0.15, 0.2) is 21.1 Å². The number of rotatable bonds is 6. The molecule has 0 saturated carbocycles. The molecule has 0 aliphatic heterocycles. The van der Waals surface area contributed by atoms with Crippen LogP contribution in [-0.2, 0) is 13.0 Å². The minimum atomic E-state index is 0.590. The van der Waals surface area contributed by atoms with Crippen molar-refractivity contribution in [3.63, 3.8) is 0 Å². The van der Waals surface area contributed by atoms with E-state index in [1.54, 1.807) is 18.4 Å². The van der Waals surface area contributed by atoms with E-state index in [1.807, 2.05) is 12.1 Å². The maximum absolute atomic E-state index is 5.44. The lowest BCUT2D eigenvalue weighted by Crippen LogP contribution is -2.02. The molecule has 0 atom stereocenters. The van der Waals surface area contributed by atoms with E-state index in [2.05, 4.69) is 61.2 Å². The number of nitrogens with zero attached hydrogens (tertiary/aromatic N) is 2. The number of aromatic nitrogens is 2.